The van der Waals surface area contributed by atoms with Crippen LogP contribution in [0.2, 0.25) is 0 Å². The van der Waals surface area contributed by atoms with Crippen LogP contribution in [-0.4, -0.2) is 13.7 Å². The standard InChI is InChI=1S/C17H26BrNO/c1-6-7-19-16(13-10-17(13,3)4)12-9-14(18)11(2)8-15(12)20-5/h8-9,13,16,19H,6-7,10H2,1-5H3. The Bertz CT molecular complexity index is 484. The summed E-state index contributed by atoms with van der Waals surface area (Å²) in [7, 11) is 1.76. The molecule has 2 unspecified atom stereocenters. The van der Waals surface area contributed by atoms with Gasteiger partial charge in [-0.15, -0.1) is 0 Å². The average molecular weight is 340 g/mol. The van der Waals surface area contributed by atoms with Crippen molar-refractivity contribution in [2.24, 2.45) is 11.3 Å². The summed E-state index contributed by atoms with van der Waals surface area (Å²) in [6, 6.07) is 4.75. The van der Waals surface area contributed by atoms with Crippen LogP contribution in [0.1, 0.15) is 50.8 Å². The molecule has 112 valence electrons. The maximum absolute atomic E-state index is 5.63. The van der Waals surface area contributed by atoms with Crippen molar-refractivity contribution in [3.05, 3.63) is 27.7 Å². The van der Waals surface area contributed by atoms with E-state index in [1.54, 1.807) is 7.11 Å². The van der Waals surface area contributed by atoms with Crippen LogP contribution >= 0.6 is 15.9 Å². The molecule has 0 aliphatic heterocycles. The van der Waals surface area contributed by atoms with E-state index in [1.807, 2.05) is 0 Å². The monoisotopic (exact) mass is 339 g/mol. The third-order valence-corrected chi connectivity index (χ3v) is 5.31. The highest BCUT2D eigenvalue weighted by Gasteiger charge is 2.50. The lowest BCUT2D eigenvalue weighted by Crippen LogP contribution is -2.26. The molecule has 1 aliphatic carbocycles. The van der Waals surface area contributed by atoms with Crippen LogP contribution in [0.4, 0.5) is 0 Å². The van der Waals surface area contributed by atoms with E-state index in [-0.39, 0.29) is 0 Å². The Hall–Kier alpha value is -0.540. The summed E-state index contributed by atoms with van der Waals surface area (Å²) < 4.78 is 6.79. The summed E-state index contributed by atoms with van der Waals surface area (Å²) in [5.41, 5.74) is 2.94. The summed E-state index contributed by atoms with van der Waals surface area (Å²) in [6.45, 7) is 10.1. The van der Waals surface area contributed by atoms with Crippen LogP contribution in [-0.2, 0) is 0 Å². The number of nitrogens with one attached hydrogen (secondary N) is 1. The quantitative estimate of drug-likeness (QED) is 0.799. The molecule has 0 radical (unpaired) electrons. The number of benzene rings is 1. The predicted octanol–water partition coefficient (Wildman–Crippen LogP) is 4.85. The topological polar surface area (TPSA) is 21.3 Å². The molecule has 0 aromatic heterocycles. The zero-order chi connectivity index (χ0) is 14.9. The van der Waals surface area contributed by atoms with Gasteiger partial charge in [0.05, 0.1) is 7.11 Å². The molecule has 0 amide bonds. The lowest BCUT2D eigenvalue weighted by Gasteiger charge is -2.24. The number of aryl methyl sites for hydroxylation is 1. The Balaban J connectivity index is 2.35. The molecule has 2 atom stereocenters. The first-order valence-corrected chi connectivity index (χ1v) is 8.27. The van der Waals surface area contributed by atoms with Gasteiger partial charge in [-0.05, 0) is 55.3 Å². The molecule has 1 aromatic carbocycles. The minimum Gasteiger partial charge on any atom is -0.496 e. The zero-order valence-electron chi connectivity index (χ0n) is 13.2. The number of halogens is 1. The van der Waals surface area contributed by atoms with E-state index in [2.05, 4.69) is 61.1 Å². The van der Waals surface area contributed by atoms with Crippen molar-refractivity contribution >= 4 is 15.9 Å². The van der Waals surface area contributed by atoms with Gasteiger partial charge in [-0.2, -0.15) is 0 Å². The maximum atomic E-state index is 5.63. The number of hydrogen-bond acceptors (Lipinski definition) is 2. The van der Waals surface area contributed by atoms with E-state index >= 15 is 0 Å². The second-order valence-corrected chi connectivity index (χ2v) is 7.43. The minimum absolute atomic E-state index is 0.386. The van der Waals surface area contributed by atoms with Gasteiger partial charge in [0, 0.05) is 16.1 Å². The number of methoxy groups -OCH3 is 1. The number of rotatable bonds is 6. The molecule has 1 N–H and O–H groups in total. The Morgan fingerprint density at radius 3 is 2.60 bits per heavy atom. The average Bonchev–Trinajstić information content (AvgIpc) is 3.02. The number of ether oxygens (including phenoxy) is 1. The van der Waals surface area contributed by atoms with Crippen LogP contribution in [0.3, 0.4) is 0 Å². The lowest BCUT2D eigenvalue weighted by molar-refractivity contribution is 0.374. The van der Waals surface area contributed by atoms with E-state index in [1.165, 1.54) is 17.5 Å². The predicted molar refractivity (Wildman–Crippen MR) is 88.4 cm³/mol. The Morgan fingerprint density at radius 2 is 2.10 bits per heavy atom. The molecule has 0 bridgehead atoms. The Kier molecular flexibility index (Phi) is 4.80. The summed E-state index contributed by atoms with van der Waals surface area (Å²) in [5, 5.41) is 3.72. The van der Waals surface area contributed by atoms with Gasteiger partial charge in [0.1, 0.15) is 5.75 Å². The van der Waals surface area contributed by atoms with Gasteiger partial charge in [-0.3, -0.25) is 0 Å². The smallest absolute Gasteiger partial charge is 0.123 e. The van der Waals surface area contributed by atoms with Crippen molar-refractivity contribution in [3.8, 4) is 5.75 Å². The largest absolute Gasteiger partial charge is 0.496 e. The van der Waals surface area contributed by atoms with Crippen LogP contribution in [0.5, 0.6) is 5.75 Å². The van der Waals surface area contributed by atoms with Gasteiger partial charge in [0.2, 0.25) is 0 Å². The third-order valence-electron chi connectivity index (χ3n) is 4.45. The van der Waals surface area contributed by atoms with E-state index in [0.717, 1.165) is 23.2 Å². The fraction of sp³-hybridized carbons (Fsp3) is 0.647. The first kappa shape index (κ1) is 15.8. The highest BCUT2D eigenvalue weighted by molar-refractivity contribution is 9.10. The van der Waals surface area contributed by atoms with Crippen molar-refractivity contribution in [1.29, 1.82) is 0 Å². The fourth-order valence-electron chi connectivity index (χ4n) is 2.94. The lowest BCUT2D eigenvalue weighted by atomic mass is 9.95. The molecule has 0 spiro atoms. The van der Waals surface area contributed by atoms with Crippen LogP contribution in [0.25, 0.3) is 0 Å². The molecule has 1 aliphatic rings. The van der Waals surface area contributed by atoms with Crippen LogP contribution < -0.4 is 10.1 Å². The summed E-state index contributed by atoms with van der Waals surface area (Å²) >= 11 is 3.66. The molecule has 0 heterocycles. The fourth-order valence-corrected chi connectivity index (χ4v) is 3.30. The van der Waals surface area contributed by atoms with Crippen molar-refractivity contribution in [3.63, 3.8) is 0 Å². The first-order chi connectivity index (χ1) is 9.40. The van der Waals surface area contributed by atoms with Gasteiger partial charge in [0.25, 0.3) is 0 Å². The minimum atomic E-state index is 0.386. The second-order valence-electron chi connectivity index (χ2n) is 6.57. The molecule has 0 saturated heterocycles. The summed E-state index contributed by atoms with van der Waals surface area (Å²) in [5.74, 6) is 1.69. The molecule has 1 aromatic rings. The molecule has 1 fully saturated rings. The normalized spacial score (nSPS) is 21.6. The van der Waals surface area contributed by atoms with Crippen LogP contribution in [0, 0.1) is 18.3 Å². The van der Waals surface area contributed by atoms with E-state index in [9.17, 15) is 0 Å². The van der Waals surface area contributed by atoms with Gasteiger partial charge < -0.3 is 10.1 Å². The summed E-state index contributed by atoms with van der Waals surface area (Å²) in [6.07, 6.45) is 2.43. The van der Waals surface area contributed by atoms with Gasteiger partial charge in [-0.1, -0.05) is 36.7 Å². The number of hydrogen-bond donors (Lipinski definition) is 1. The molecule has 2 rings (SSSR count). The third kappa shape index (κ3) is 3.20. The molecular weight excluding hydrogens is 314 g/mol. The van der Waals surface area contributed by atoms with E-state index < -0.39 is 0 Å². The highest BCUT2D eigenvalue weighted by atomic mass is 79.9. The first-order valence-electron chi connectivity index (χ1n) is 7.48. The zero-order valence-corrected chi connectivity index (χ0v) is 14.8. The van der Waals surface area contributed by atoms with Gasteiger partial charge in [0.15, 0.2) is 0 Å². The SMILES string of the molecule is CCCNC(c1cc(Br)c(C)cc1OC)C1CC1(C)C. The molecule has 20 heavy (non-hydrogen) atoms. The van der Waals surface area contributed by atoms with Gasteiger partial charge in [-0.25, -0.2) is 0 Å². The molecule has 1 saturated carbocycles. The van der Waals surface area contributed by atoms with Gasteiger partial charge >= 0.3 is 0 Å². The van der Waals surface area contributed by atoms with Crippen molar-refractivity contribution < 1.29 is 4.74 Å². The van der Waals surface area contributed by atoms with E-state index in [0.29, 0.717) is 17.4 Å². The molecule has 3 heteroatoms. The van der Waals surface area contributed by atoms with Crippen molar-refractivity contribution in [2.75, 3.05) is 13.7 Å². The summed E-state index contributed by atoms with van der Waals surface area (Å²) in [4.78, 5) is 0. The Labute approximate surface area is 131 Å². The van der Waals surface area contributed by atoms with Crippen molar-refractivity contribution in [2.45, 2.75) is 46.6 Å². The van der Waals surface area contributed by atoms with E-state index in [4.69, 9.17) is 4.74 Å². The molecular formula is C17H26BrNO. The van der Waals surface area contributed by atoms with Crippen molar-refractivity contribution in [1.82, 2.24) is 5.32 Å². The maximum Gasteiger partial charge on any atom is 0.123 e. The van der Waals surface area contributed by atoms with Crippen LogP contribution in [0.15, 0.2) is 16.6 Å². The molecule has 2 nitrogen and oxygen atoms in total. The highest BCUT2D eigenvalue weighted by Crippen LogP contribution is 2.58. The Morgan fingerprint density at radius 1 is 1.45 bits per heavy atom. The second kappa shape index (κ2) is 6.07.